The molecule has 2 nitrogen and oxygen atoms in total. The van der Waals surface area contributed by atoms with E-state index in [0.29, 0.717) is 0 Å². The number of nitrogens with zero attached hydrogens (tertiary/aromatic N) is 1. The number of benzene rings is 2. The SMILES string of the molecule is CNc1ccccc1-c1c(C)c(C)c(C)c2c1[B]C=CN2C. The number of nitrogens with one attached hydrogen (secondary N) is 1. The van der Waals surface area contributed by atoms with Gasteiger partial charge in [0.2, 0.25) is 0 Å². The van der Waals surface area contributed by atoms with Crippen LogP contribution in [0, 0.1) is 20.8 Å². The van der Waals surface area contributed by atoms with Crippen LogP contribution < -0.4 is 15.7 Å². The minimum absolute atomic E-state index is 1.17. The normalized spacial score (nSPS) is 12.9. The van der Waals surface area contributed by atoms with Gasteiger partial charge in [-0.05, 0) is 55.3 Å². The van der Waals surface area contributed by atoms with Gasteiger partial charge < -0.3 is 10.2 Å². The van der Waals surface area contributed by atoms with Crippen LogP contribution in [0.5, 0.6) is 0 Å². The van der Waals surface area contributed by atoms with Gasteiger partial charge in [-0.1, -0.05) is 23.7 Å². The average molecular weight is 289 g/mol. The van der Waals surface area contributed by atoms with Crippen LogP contribution in [-0.4, -0.2) is 21.4 Å². The van der Waals surface area contributed by atoms with E-state index < -0.39 is 0 Å². The lowest BCUT2D eigenvalue weighted by atomic mass is 9.63. The Labute approximate surface area is 134 Å². The Kier molecular flexibility index (Phi) is 3.73. The van der Waals surface area contributed by atoms with Crippen LogP contribution in [0.3, 0.4) is 0 Å². The molecule has 0 spiro atoms. The maximum Gasteiger partial charge on any atom is 0.186 e. The fraction of sp³-hybridized carbons (Fsp3) is 0.263. The molecule has 2 aromatic carbocycles. The van der Waals surface area contributed by atoms with Gasteiger partial charge in [0.1, 0.15) is 0 Å². The molecule has 1 aliphatic heterocycles. The quantitative estimate of drug-likeness (QED) is 0.850. The second-order valence-corrected chi connectivity index (χ2v) is 5.93. The van der Waals surface area contributed by atoms with Gasteiger partial charge in [-0.3, -0.25) is 0 Å². The summed E-state index contributed by atoms with van der Waals surface area (Å²) in [7, 11) is 6.34. The summed E-state index contributed by atoms with van der Waals surface area (Å²) < 4.78 is 0. The number of rotatable bonds is 2. The van der Waals surface area contributed by atoms with Crippen molar-refractivity contribution in [3.8, 4) is 11.1 Å². The lowest BCUT2D eigenvalue weighted by Gasteiger charge is -2.30. The zero-order valence-corrected chi connectivity index (χ0v) is 14.0. The van der Waals surface area contributed by atoms with Gasteiger partial charge in [0, 0.05) is 31.0 Å². The number of hydrogen-bond donors (Lipinski definition) is 1. The van der Waals surface area contributed by atoms with Crippen molar-refractivity contribution in [2.45, 2.75) is 20.8 Å². The summed E-state index contributed by atoms with van der Waals surface area (Å²) in [5.41, 5.74) is 10.5. The van der Waals surface area contributed by atoms with Gasteiger partial charge in [0.25, 0.3) is 0 Å². The molecule has 3 heteroatoms. The molecule has 3 rings (SSSR count). The Morgan fingerprint density at radius 3 is 2.45 bits per heavy atom. The zero-order chi connectivity index (χ0) is 15.9. The van der Waals surface area contributed by atoms with E-state index in [1.807, 2.05) is 7.05 Å². The van der Waals surface area contributed by atoms with Crippen LogP contribution in [0.2, 0.25) is 0 Å². The fourth-order valence-corrected chi connectivity index (χ4v) is 3.39. The van der Waals surface area contributed by atoms with Gasteiger partial charge in [-0.15, -0.1) is 5.98 Å². The van der Waals surface area contributed by atoms with E-state index in [9.17, 15) is 0 Å². The molecule has 0 amide bonds. The molecule has 2 aromatic rings. The topological polar surface area (TPSA) is 15.3 Å². The highest BCUT2D eigenvalue weighted by Gasteiger charge is 2.23. The molecule has 1 N–H and O–H groups in total. The minimum Gasteiger partial charge on any atom is -0.388 e. The highest BCUT2D eigenvalue weighted by molar-refractivity contribution is 6.63. The summed E-state index contributed by atoms with van der Waals surface area (Å²) in [6.07, 6.45) is 2.12. The third-order valence-electron chi connectivity index (χ3n) is 4.77. The molecule has 0 unspecified atom stereocenters. The van der Waals surface area contributed by atoms with Crippen molar-refractivity contribution in [3.63, 3.8) is 0 Å². The smallest absolute Gasteiger partial charge is 0.186 e. The maximum absolute atomic E-state index is 3.33. The van der Waals surface area contributed by atoms with Crippen molar-refractivity contribution in [1.82, 2.24) is 0 Å². The summed E-state index contributed by atoms with van der Waals surface area (Å²) in [6.45, 7) is 6.68. The number of para-hydroxylation sites is 1. The van der Waals surface area contributed by atoms with Crippen LogP contribution in [0.15, 0.2) is 36.4 Å². The van der Waals surface area contributed by atoms with E-state index in [0.717, 1.165) is 0 Å². The number of hydrogen-bond acceptors (Lipinski definition) is 2. The van der Waals surface area contributed by atoms with Crippen LogP contribution >= 0.6 is 0 Å². The van der Waals surface area contributed by atoms with Crippen molar-refractivity contribution in [2.75, 3.05) is 24.3 Å². The standard InChI is InChI=1S/C19H22BN2/c1-12-13(2)17(15-8-6-7-9-16(15)21-4)18-19(14(12)3)22(5)11-10-20-18/h6-11,21H,1-5H3. The van der Waals surface area contributed by atoms with Crippen LogP contribution in [0.1, 0.15) is 16.7 Å². The molecule has 22 heavy (non-hydrogen) atoms. The first-order valence-electron chi connectivity index (χ1n) is 7.71. The van der Waals surface area contributed by atoms with E-state index in [1.165, 1.54) is 44.7 Å². The minimum atomic E-state index is 1.17. The van der Waals surface area contributed by atoms with Gasteiger partial charge in [0.05, 0.1) is 0 Å². The second-order valence-electron chi connectivity index (χ2n) is 5.93. The molecule has 1 aliphatic rings. The van der Waals surface area contributed by atoms with E-state index in [4.69, 9.17) is 0 Å². The second kappa shape index (κ2) is 5.56. The Balaban J connectivity index is 2.38. The summed E-state index contributed by atoms with van der Waals surface area (Å²) in [4.78, 5) is 2.22. The van der Waals surface area contributed by atoms with Crippen molar-refractivity contribution < 1.29 is 0 Å². The summed E-state index contributed by atoms with van der Waals surface area (Å²) in [5, 5.41) is 3.33. The summed E-state index contributed by atoms with van der Waals surface area (Å²) in [5.74, 6) is 2.13. The Morgan fingerprint density at radius 2 is 1.73 bits per heavy atom. The lowest BCUT2D eigenvalue weighted by Crippen LogP contribution is -2.31. The average Bonchev–Trinajstić information content (AvgIpc) is 2.53. The first kappa shape index (κ1) is 14.8. The summed E-state index contributed by atoms with van der Waals surface area (Å²) in [6, 6.07) is 8.53. The van der Waals surface area contributed by atoms with E-state index in [2.05, 4.69) is 81.8 Å². The van der Waals surface area contributed by atoms with Crippen molar-refractivity contribution in [1.29, 1.82) is 0 Å². The van der Waals surface area contributed by atoms with E-state index in [1.54, 1.807) is 0 Å². The van der Waals surface area contributed by atoms with Crippen molar-refractivity contribution in [2.24, 2.45) is 0 Å². The fourth-order valence-electron chi connectivity index (χ4n) is 3.39. The van der Waals surface area contributed by atoms with Crippen LogP contribution in [-0.2, 0) is 0 Å². The molecule has 0 saturated heterocycles. The van der Waals surface area contributed by atoms with Gasteiger partial charge >= 0.3 is 0 Å². The number of anilines is 2. The molecule has 0 aliphatic carbocycles. The first-order chi connectivity index (χ1) is 10.6. The monoisotopic (exact) mass is 289 g/mol. The van der Waals surface area contributed by atoms with E-state index in [-0.39, 0.29) is 0 Å². The third-order valence-corrected chi connectivity index (χ3v) is 4.77. The van der Waals surface area contributed by atoms with Gasteiger partial charge in [-0.25, -0.2) is 0 Å². The van der Waals surface area contributed by atoms with Crippen LogP contribution in [0.4, 0.5) is 11.4 Å². The number of fused-ring (bicyclic) bond motifs is 1. The van der Waals surface area contributed by atoms with Crippen LogP contribution in [0.25, 0.3) is 11.1 Å². The first-order valence-corrected chi connectivity index (χ1v) is 7.71. The molecular weight excluding hydrogens is 267 g/mol. The lowest BCUT2D eigenvalue weighted by molar-refractivity contribution is 1.16. The van der Waals surface area contributed by atoms with Gasteiger partial charge in [-0.2, -0.15) is 0 Å². The van der Waals surface area contributed by atoms with Gasteiger partial charge in [0.15, 0.2) is 7.28 Å². The Bertz CT molecular complexity index is 763. The Hall–Kier alpha value is -2.16. The van der Waals surface area contributed by atoms with E-state index >= 15 is 0 Å². The molecule has 0 aromatic heterocycles. The summed E-state index contributed by atoms with van der Waals surface area (Å²) >= 11 is 0. The Morgan fingerprint density at radius 1 is 1.00 bits per heavy atom. The predicted octanol–water partition coefficient (Wildman–Crippen LogP) is 3.57. The zero-order valence-electron chi connectivity index (χ0n) is 14.0. The molecule has 1 radical (unpaired) electrons. The molecular formula is C19H22BN2. The molecule has 111 valence electrons. The molecule has 1 heterocycles. The highest BCUT2D eigenvalue weighted by Crippen LogP contribution is 2.36. The molecule has 0 fully saturated rings. The predicted molar refractivity (Wildman–Crippen MR) is 98.6 cm³/mol. The third kappa shape index (κ3) is 2.12. The largest absolute Gasteiger partial charge is 0.388 e. The molecule has 0 saturated carbocycles. The maximum atomic E-state index is 3.33. The highest BCUT2D eigenvalue weighted by atomic mass is 15.1. The van der Waals surface area contributed by atoms with Crippen molar-refractivity contribution >= 4 is 24.1 Å². The van der Waals surface area contributed by atoms with Crippen molar-refractivity contribution in [3.05, 3.63) is 53.1 Å². The molecule has 0 atom stereocenters. The molecule has 0 bridgehead atoms.